The fourth-order valence-electron chi connectivity index (χ4n) is 2.85. The third-order valence-electron chi connectivity index (χ3n) is 4.57. The summed E-state index contributed by atoms with van der Waals surface area (Å²) in [4.78, 5) is 23.7. The van der Waals surface area contributed by atoms with Gasteiger partial charge in [0.1, 0.15) is 5.75 Å². The number of anilines is 1. The van der Waals surface area contributed by atoms with Gasteiger partial charge in [-0.1, -0.05) is 24.3 Å². The molecule has 0 radical (unpaired) electrons. The highest BCUT2D eigenvalue weighted by atomic mass is 32.2. The predicted molar refractivity (Wildman–Crippen MR) is 118 cm³/mol. The van der Waals surface area contributed by atoms with Gasteiger partial charge in [-0.3, -0.25) is 14.3 Å². The van der Waals surface area contributed by atoms with Crippen LogP contribution >= 0.6 is 0 Å². The second-order valence-electron chi connectivity index (χ2n) is 6.97. The highest BCUT2D eigenvalue weighted by Gasteiger charge is 2.15. The van der Waals surface area contributed by atoms with Crippen LogP contribution < -0.4 is 14.8 Å². The summed E-state index contributed by atoms with van der Waals surface area (Å²) in [5, 5.41) is 2.69. The van der Waals surface area contributed by atoms with Crippen LogP contribution in [0.25, 0.3) is 0 Å². The third kappa shape index (κ3) is 6.59. The minimum absolute atomic E-state index is 0.000659. The van der Waals surface area contributed by atoms with Crippen LogP contribution in [0.2, 0.25) is 0 Å². The highest BCUT2D eigenvalue weighted by molar-refractivity contribution is 7.92. The van der Waals surface area contributed by atoms with Gasteiger partial charge < -0.3 is 10.1 Å². The molecule has 0 saturated heterocycles. The minimum Gasteiger partial charge on any atom is -0.435 e. The topological polar surface area (TPSA) is 102 Å². The maximum atomic E-state index is 12.5. The Bertz CT molecular complexity index is 1230. The average Bonchev–Trinajstić information content (AvgIpc) is 2.78. The van der Waals surface area contributed by atoms with Crippen LogP contribution in [0.15, 0.2) is 77.7 Å². The SMILES string of the molecule is CC(=O)c1ccc(S(=O)(=O)Nc2ccc(C(=O)NCc3ccc(OC(F)F)cc3)cc2)cc1. The zero-order valence-corrected chi connectivity index (χ0v) is 18.2. The van der Waals surface area contributed by atoms with E-state index in [1.807, 2.05) is 0 Å². The first-order chi connectivity index (χ1) is 15.6. The molecule has 2 N–H and O–H groups in total. The van der Waals surface area contributed by atoms with E-state index in [2.05, 4.69) is 14.8 Å². The van der Waals surface area contributed by atoms with Crippen LogP contribution in [0.4, 0.5) is 14.5 Å². The minimum atomic E-state index is -3.87. The lowest BCUT2D eigenvalue weighted by atomic mass is 10.2. The first kappa shape index (κ1) is 23.9. The van der Waals surface area contributed by atoms with Crippen molar-refractivity contribution in [2.45, 2.75) is 25.0 Å². The molecule has 0 unspecified atom stereocenters. The van der Waals surface area contributed by atoms with Gasteiger partial charge in [0.15, 0.2) is 5.78 Å². The standard InChI is InChI=1S/C23H20F2N2O5S/c1-15(28)17-6-12-21(13-7-17)33(30,31)27-19-8-4-18(5-9-19)22(29)26-14-16-2-10-20(11-3-16)32-23(24)25/h2-13,23,27H,14H2,1H3,(H,26,29). The van der Waals surface area contributed by atoms with Crippen molar-refractivity contribution in [2.24, 2.45) is 0 Å². The summed E-state index contributed by atoms with van der Waals surface area (Å²) < 4.78 is 56.1. The number of alkyl halides is 2. The molecule has 3 aromatic carbocycles. The molecule has 0 heterocycles. The van der Waals surface area contributed by atoms with E-state index in [1.165, 1.54) is 67.6 Å². The molecule has 10 heteroatoms. The van der Waals surface area contributed by atoms with Crippen molar-refractivity contribution in [3.8, 4) is 5.75 Å². The monoisotopic (exact) mass is 474 g/mol. The molecule has 0 aliphatic rings. The highest BCUT2D eigenvalue weighted by Crippen LogP contribution is 2.18. The van der Waals surface area contributed by atoms with E-state index in [9.17, 15) is 26.8 Å². The van der Waals surface area contributed by atoms with Crippen molar-refractivity contribution in [3.63, 3.8) is 0 Å². The van der Waals surface area contributed by atoms with Gasteiger partial charge >= 0.3 is 6.61 Å². The smallest absolute Gasteiger partial charge is 0.387 e. The zero-order valence-electron chi connectivity index (χ0n) is 17.4. The number of carbonyl (C=O) groups is 2. The molecule has 0 saturated carbocycles. The maximum absolute atomic E-state index is 12.5. The number of halogens is 2. The Kier molecular flexibility index (Phi) is 7.39. The fourth-order valence-corrected chi connectivity index (χ4v) is 3.90. The van der Waals surface area contributed by atoms with Gasteiger partial charge in [0.25, 0.3) is 15.9 Å². The Balaban J connectivity index is 1.58. The molecule has 0 aromatic heterocycles. The number of amides is 1. The van der Waals surface area contributed by atoms with Crippen molar-refractivity contribution >= 4 is 27.4 Å². The Morgan fingerprint density at radius 2 is 1.45 bits per heavy atom. The molecule has 33 heavy (non-hydrogen) atoms. The zero-order chi connectivity index (χ0) is 24.0. The van der Waals surface area contributed by atoms with Crippen molar-refractivity contribution < 1.29 is 31.5 Å². The third-order valence-corrected chi connectivity index (χ3v) is 5.97. The summed E-state index contributed by atoms with van der Waals surface area (Å²) in [7, 11) is -3.87. The van der Waals surface area contributed by atoms with E-state index in [4.69, 9.17) is 0 Å². The van der Waals surface area contributed by atoms with Crippen LogP contribution in [-0.2, 0) is 16.6 Å². The van der Waals surface area contributed by atoms with Gasteiger partial charge in [-0.25, -0.2) is 8.42 Å². The first-order valence-electron chi connectivity index (χ1n) is 9.70. The molecule has 7 nitrogen and oxygen atoms in total. The van der Waals surface area contributed by atoms with E-state index in [0.717, 1.165) is 0 Å². The summed E-state index contributed by atoms with van der Waals surface area (Å²) >= 11 is 0. The molecule has 1 amide bonds. The second kappa shape index (κ2) is 10.2. The predicted octanol–water partition coefficient (Wildman–Crippen LogP) is 4.22. The number of ether oxygens (including phenoxy) is 1. The largest absolute Gasteiger partial charge is 0.435 e. The number of sulfonamides is 1. The lowest BCUT2D eigenvalue weighted by Crippen LogP contribution is -2.22. The van der Waals surface area contributed by atoms with Gasteiger partial charge in [0, 0.05) is 23.4 Å². The average molecular weight is 474 g/mol. The van der Waals surface area contributed by atoms with Crippen LogP contribution in [0.1, 0.15) is 33.2 Å². The molecule has 0 bridgehead atoms. The molecule has 172 valence electrons. The quantitative estimate of drug-likeness (QED) is 0.452. The normalized spacial score (nSPS) is 11.2. The molecular formula is C23H20F2N2O5S. The summed E-state index contributed by atoms with van der Waals surface area (Å²) in [6, 6.07) is 17.2. The Morgan fingerprint density at radius 3 is 2.00 bits per heavy atom. The molecule has 0 spiro atoms. The number of rotatable bonds is 9. The van der Waals surface area contributed by atoms with Crippen molar-refractivity contribution in [1.29, 1.82) is 0 Å². The van der Waals surface area contributed by atoms with E-state index in [0.29, 0.717) is 16.7 Å². The summed E-state index contributed by atoms with van der Waals surface area (Å²) in [6.07, 6.45) is 0. The van der Waals surface area contributed by atoms with Crippen LogP contribution in [0, 0.1) is 0 Å². The summed E-state index contributed by atoms with van der Waals surface area (Å²) in [5.74, 6) is -0.538. The molecular weight excluding hydrogens is 454 g/mol. The maximum Gasteiger partial charge on any atom is 0.387 e. The molecule has 0 atom stereocenters. The fraction of sp³-hybridized carbons (Fsp3) is 0.130. The Morgan fingerprint density at radius 1 is 0.879 bits per heavy atom. The van der Waals surface area contributed by atoms with Gasteiger partial charge in [-0.15, -0.1) is 0 Å². The van der Waals surface area contributed by atoms with Gasteiger partial charge in [-0.05, 0) is 61.0 Å². The van der Waals surface area contributed by atoms with Crippen molar-refractivity contribution in [2.75, 3.05) is 4.72 Å². The molecule has 3 aromatic rings. The summed E-state index contributed by atoms with van der Waals surface area (Å²) in [6.45, 7) is -1.35. The number of benzene rings is 3. The molecule has 0 aliphatic heterocycles. The number of hydrogen-bond donors (Lipinski definition) is 2. The lowest BCUT2D eigenvalue weighted by Gasteiger charge is -2.10. The Labute approximate surface area is 189 Å². The Hall–Kier alpha value is -3.79. The summed E-state index contributed by atoms with van der Waals surface area (Å²) in [5.41, 5.74) is 1.66. The molecule has 0 aliphatic carbocycles. The van der Waals surface area contributed by atoms with Crippen LogP contribution in [0.5, 0.6) is 5.75 Å². The number of ketones is 1. The number of carbonyl (C=O) groups excluding carboxylic acids is 2. The van der Waals surface area contributed by atoms with Gasteiger partial charge in [0.05, 0.1) is 4.90 Å². The number of Topliss-reactive ketones (excluding diaryl/α,β-unsaturated/α-hetero) is 1. The van der Waals surface area contributed by atoms with E-state index < -0.39 is 22.5 Å². The van der Waals surface area contributed by atoms with E-state index in [-0.39, 0.29) is 28.7 Å². The first-order valence-corrected chi connectivity index (χ1v) is 11.2. The van der Waals surface area contributed by atoms with Gasteiger partial charge in [-0.2, -0.15) is 8.78 Å². The lowest BCUT2D eigenvalue weighted by molar-refractivity contribution is -0.0498. The molecule has 3 rings (SSSR count). The van der Waals surface area contributed by atoms with E-state index >= 15 is 0 Å². The van der Waals surface area contributed by atoms with Crippen molar-refractivity contribution in [3.05, 3.63) is 89.5 Å². The molecule has 0 fully saturated rings. The van der Waals surface area contributed by atoms with Crippen LogP contribution in [0.3, 0.4) is 0 Å². The van der Waals surface area contributed by atoms with Crippen molar-refractivity contribution in [1.82, 2.24) is 5.32 Å². The number of nitrogens with one attached hydrogen (secondary N) is 2. The van der Waals surface area contributed by atoms with E-state index in [1.54, 1.807) is 12.1 Å². The van der Waals surface area contributed by atoms with Crippen LogP contribution in [-0.4, -0.2) is 26.7 Å². The second-order valence-corrected chi connectivity index (χ2v) is 8.65. The number of hydrogen-bond acceptors (Lipinski definition) is 5. The van der Waals surface area contributed by atoms with Gasteiger partial charge in [0.2, 0.25) is 0 Å².